The Bertz CT molecular complexity index is 402. The van der Waals surface area contributed by atoms with Gasteiger partial charge in [0.25, 0.3) is 0 Å². The lowest BCUT2D eigenvalue weighted by atomic mass is 9.98. The molecule has 1 aliphatic heterocycles. The van der Waals surface area contributed by atoms with E-state index in [1.807, 2.05) is 19.1 Å². The van der Waals surface area contributed by atoms with Crippen molar-refractivity contribution in [3.63, 3.8) is 0 Å². The van der Waals surface area contributed by atoms with Crippen LogP contribution in [0.3, 0.4) is 0 Å². The lowest BCUT2D eigenvalue weighted by molar-refractivity contribution is 0.232. The number of rotatable bonds is 5. The van der Waals surface area contributed by atoms with Gasteiger partial charge in [-0.15, -0.1) is 0 Å². The van der Waals surface area contributed by atoms with Crippen LogP contribution in [0.25, 0.3) is 0 Å². The van der Waals surface area contributed by atoms with Crippen LogP contribution in [-0.4, -0.2) is 43.7 Å². The third-order valence-corrected chi connectivity index (χ3v) is 3.68. The smallest absolute Gasteiger partial charge is 0.122 e. The van der Waals surface area contributed by atoms with E-state index in [-0.39, 0.29) is 0 Å². The first-order valence-electron chi connectivity index (χ1n) is 7.08. The Morgan fingerprint density at radius 2 is 2.11 bits per heavy atom. The maximum atomic E-state index is 5.30. The van der Waals surface area contributed by atoms with Crippen LogP contribution in [0.5, 0.6) is 5.75 Å². The number of methoxy groups -OCH3 is 1. The molecule has 1 aromatic rings. The zero-order valence-electron chi connectivity index (χ0n) is 12.3. The van der Waals surface area contributed by atoms with Gasteiger partial charge in [-0.2, -0.15) is 0 Å². The van der Waals surface area contributed by atoms with Gasteiger partial charge in [-0.05, 0) is 45.8 Å². The average Bonchev–Trinajstić information content (AvgIpc) is 2.38. The van der Waals surface area contributed by atoms with E-state index in [2.05, 4.69) is 22.2 Å². The Morgan fingerprint density at radius 1 is 1.37 bits per heavy atom. The number of nitrogens with one attached hydrogen (secondary N) is 1. The van der Waals surface area contributed by atoms with E-state index >= 15 is 0 Å². The van der Waals surface area contributed by atoms with Gasteiger partial charge in [0.05, 0.1) is 12.8 Å². The van der Waals surface area contributed by atoms with E-state index in [9.17, 15) is 0 Å². The summed E-state index contributed by atoms with van der Waals surface area (Å²) in [5.74, 6) is 1.72. The second-order valence-corrected chi connectivity index (χ2v) is 5.53. The third kappa shape index (κ3) is 4.48. The minimum atomic E-state index is 0.818. The molecule has 19 heavy (non-hydrogen) atoms. The van der Waals surface area contributed by atoms with Crippen molar-refractivity contribution in [2.75, 3.05) is 33.8 Å². The molecule has 2 heterocycles. The topological polar surface area (TPSA) is 37.4 Å². The van der Waals surface area contributed by atoms with Crippen LogP contribution in [-0.2, 0) is 6.54 Å². The molecule has 4 heteroatoms. The van der Waals surface area contributed by atoms with Gasteiger partial charge in [-0.1, -0.05) is 0 Å². The summed E-state index contributed by atoms with van der Waals surface area (Å²) in [5.41, 5.74) is 2.11. The van der Waals surface area contributed by atoms with Crippen LogP contribution >= 0.6 is 0 Å². The monoisotopic (exact) mass is 263 g/mol. The minimum Gasteiger partial charge on any atom is -0.497 e. The lowest BCUT2D eigenvalue weighted by Crippen LogP contribution is -2.34. The molecular formula is C15H25N3O. The molecule has 0 saturated carbocycles. The highest BCUT2D eigenvalue weighted by Crippen LogP contribution is 2.17. The van der Waals surface area contributed by atoms with Gasteiger partial charge in [-0.3, -0.25) is 4.98 Å². The molecule has 0 aliphatic carbocycles. The molecule has 0 aromatic carbocycles. The number of hydrogen-bond donors (Lipinski definition) is 1. The lowest BCUT2D eigenvalue weighted by Gasteiger charge is -2.27. The molecule has 2 rings (SSSR count). The molecule has 0 amide bonds. The zero-order chi connectivity index (χ0) is 13.7. The van der Waals surface area contributed by atoms with Gasteiger partial charge in [0.15, 0.2) is 0 Å². The van der Waals surface area contributed by atoms with Crippen LogP contribution in [0.4, 0.5) is 0 Å². The summed E-state index contributed by atoms with van der Waals surface area (Å²) < 4.78 is 5.30. The molecular weight excluding hydrogens is 238 g/mol. The van der Waals surface area contributed by atoms with E-state index in [0.717, 1.165) is 49.2 Å². The molecule has 1 saturated heterocycles. The highest BCUT2D eigenvalue weighted by Gasteiger charge is 2.15. The van der Waals surface area contributed by atoms with Gasteiger partial charge in [-0.25, -0.2) is 0 Å². The summed E-state index contributed by atoms with van der Waals surface area (Å²) in [6, 6.07) is 4.00. The van der Waals surface area contributed by atoms with Gasteiger partial charge in [0, 0.05) is 30.9 Å². The number of aromatic nitrogens is 1. The molecule has 4 nitrogen and oxygen atoms in total. The quantitative estimate of drug-likeness (QED) is 0.879. The Hall–Kier alpha value is -1.13. The fraction of sp³-hybridized carbons (Fsp3) is 0.667. The molecule has 1 N–H and O–H groups in total. The Morgan fingerprint density at radius 3 is 2.79 bits per heavy atom. The fourth-order valence-electron chi connectivity index (χ4n) is 2.75. The first-order valence-corrected chi connectivity index (χ1v) is 7.08. The maximum absolute atomic E-state index is 5.30. The normalized spacial score (nSPS) is 16.8. The van der Waals surface area contributed by atoms with E-state index in [1.54, 1.807) is 7.11 Å². The second-order valence-electron chi connectivity index (χ2n) is 5.53. The number of nitrogens with zero attached hydrogens (tertiary/aromatic N) is 2. The summed E-state index contributed by atoms with van der Waals surface area (Å²) in [5, 5.41) is 3.41. The molecule has 106 valence electrons. The Balaban J connectivity index is 1.90. The first kappa shape index (κ1) is 14.3. The summed E-state index contributed by atoms with van der Waals surface area (Å²) >= 11 is 0. The van der Waals surface area contributed by atoms with E-state index in [4.69, 9.17) is 4.74 Å². The van der Waals surface area contributed by atoms with Crippen LogP contribution in [0.1, 0.15) is 24.2 Å². The third-order valence-electron chi connectivity index (χ3n) is 3.68. The highest BCUT2D eigenvalue weighted by molar-refractivity contribution is 5.26. The number of pyridine rings is 1. The van der Waals surface area contributed by atoms with Crippen molar-refractivity contribution >= 4 is 0 Å². The summed E-state index contributed by atoms with van der Waals surface area (Å²) in [6.07, 6.45) is 2.57. The van der Waals surface area contributed by atoms with Crippen molar-refractivity contribution in [1.29, 1.82) is 0 Å². The predicted octanol–water partition coefficient (Wildman–Crippen LogP) is 1.83. The average molecular weight is 263 g/mol. The van der Waals surface area contributed by atoms with Crippen molar-refractivity contribution in [3.8, 4) is 5.75 Å². The van der Waals surface area contributed by atoms with Crippen molar-refractivity contribution in [2.45, 2.75) is 26.3 Å². The van der Waals surface area contributed by atoms with E-state index in [1.165, 1.54) is 12.8 Å². The number of piperidine rings is 1. The second kappa shape index (κ2) is 6.87. The molecule has 0 radical (unpaired) electrons. The van der Waals surface area contributed by atoms with Gasteiger partial charge >= 0.3 is 0 Å². The zero-order valence-corrected chi connectivity index (χ0v) is 12.3. The van der Waals surface area contributed by atoms with Gasteiger partial charge < -0.3 is 15.0 Å². The molecule has 1 aromatic heterocycles. The number of ether oxygens (including phenoxy) is 1. The number of aryl methyl sites for hydroxylation is 1. The fourth-order valence-corrected chi connectivity index (χ4v) is 2.75. The Labute approximate surface area is 116 Å². The molecule has 0 bridgehead atoms. The standard InChI is InChI=1S/C15H25N3O/c1-12-8-15(19-3)9-14(17-12)11-18(2)10-13-4-6-16-7-5-13/h8-9,13,16H,4-7,10-11H2,1-3H3. The van der Waals surface area contributed by atoms with E-state index in [0.29, 0.717) is 0 Å². The summed E-state index contributed by atoms with van der Waals surface area (Å²) in [4.78, 5) is 6.95. The van der Waals surface area contributed by atoms with Crippen molar-refractivity contribution in [1.82, 2.24) is 15.2 Å². The minimum absolute atomic E-state index is 0.818. The number of hydrogen-bond acceptors (Lipinski definition) is 4. The van der Waals surface area contributed by atoms with E-state index < -0.39 is 0 Å². The molecule has 1 fully saturated rings. The first-order chi connectivity index (χ1) is 9.17. The van der Waals surface area contributed by atoms with Crippen LogP contribution in [0.15, 0.2) is 12.1 Å². The molecule has 0 unspecified atom stereocenters. The van der Waals surface area contributed by atoms with Crippen LogP contribution in [0, 0.1) is 12.8 Å². The summed E-state index contributed by atoms with van der Waals surface area (Å²) in [7, 11) is 3.88. The predicted molar refractivity (Wildman–Crippen MR) is 77.5 cm³/mol. The van der Waals surface area contributed by atoms with Crippen molar-refractivity contribution in [2.24, 2.45) is 5.92 Å². The largest absolute Gasteiger partial charge is 0.497 e. The molecule has 1 aliphatic rings. The molecule has 0 spiro atoms. The Kier molecular flexibility index (Phi) is 5.16. The maximum Gasteiger partial charge on any atom is 0.122 e. The SMILES string of the molecule is COc1cc(C)nc(CN(C)CC2CCNCC2)c1. The van der Waals surface area contributed by atoms with Crippen molar-refractivity contribution < 1.29 is 4.74 Å². The summed E-state index contributed by atoms with van der Waals surface area (Å²) in [6.45, 7) is 6.38. The van der Waals surface area contributed by atoms with Crippen molar-refractivity contribution in [3.05, 3.63) is 23.5 Å². The highest BCUT2D eigenvalue weighted by atomic mass is 16.5. The van der Waals surface area contributed by atoms with Gasteiger partial charge in [0.2, 0.25) is 0 Å². The van der Waals surface area contributed by atoms with Crippen LogP contribution in [0.2, 0.25) is 0 Å². The molecule has 0 atom stereocenters. The van der Waals surface area contributed by atoms with Crippen LogP contribution < -0.4 is 10.1 Å². The van der Waals surface area contributed by atoms with Gasteiger partial charge in [0.1, 0.15) is 5.75 Å².